The van der Waals surface area contributed by atoms with Crippen molar-refractivity contribution in [1.82, 2.24) is 0 Å². The molecule has 0 aromatic rings. The van der Waals surface area contributed by atoms with Crippen LogP contribution in [0.4, 0.5) is 0 Å². The van der Waals surface area contributed by atoms with Crippen LogP contribution in [0.1, 0.15) is 52.4 Å². The minimum Gasteiger partial charge on any atom is -0.396 e. The van der Waals surface area contributed by atoms with Crippen molar-refractivity contribution in [2.45, 2.75) is 52.4 Å². The predicted molar refractivity (Wildman–Crippen MR) is 58.8 cm³/mol. The standard InChI is InChI=1S/C12H24O/c1-3-4-5-6-7-8-9-12(2)10-11-13/h7-8,12-13H,3-6,9-11H2,1-2H3. The topological polar surface area (TPSA) is 20.2 Å². The van der Waals surface area contributed by atoms with Crippen molar-refractivity contribution < 1.29 is 5.11 Å². The summed E-state index contributed by atoms with van der Waals surface area (Å²) in [5.74, 6) is 0.632. The highest BCUT2D eigenvalue weighted by molar-refractivity contribution is 4.82. The molecular weight excluding hydrogens is 160 g/mol. The zero-order valence-corrected chi connectivity index (χ0v) is 9.13. The molecule has 0 aliphatic rings. The van der Waals surface area contributed by atoms with E-state index in [0.29, 0.717) is 12.5 Å². The van der Waals surface area contributed by atoms with Gasteiger partial charge in [-0.25, -0.2) is 0 Å². The SMILES string of the molecule is CCCCCC=CCC(C)CCO. The highest BCUT2D eigenvalue weighted by Crippen LogP contribution is 2.08. The van der Waals surface area contributed by atoms with Crippen molar-refractivity contribution in [2.24, 2.45) is 5.92 Å². The van der Waals surface area contributed by atoms with E-state index < -0.39 is 0 Å². The summed E-state index contributed by atoms with van der Waals surface area (Å²) < 4.78 is 0. The van der Waals surface area contributed by atoms with E-state index in [0.717, 1.165) is 12.8 Å². The molecule has 0 aliphatic carbocycles. The van der Waals surface area contributed by atoms with Gasteiger partial charge in [0.25, 0.3) is 0 Å². The Morgan fingerprint density at radius 1 is 1.23 bits per heavy atom. The van der Waals surface area contributed by atoms with Crippen LogP contribution in [0.15, 0.2) is 12.2 Å². The first-order valence-corrected chi connectivity index (χ1v) is 5.57. The highest BCUT2D eigenvalue weighted by atomic mass is 16.2. The molecule has 0 saturated carbocycles. The van der Waals surface area contributed by atoms with Gasteiger partial charge in [-0.2, -0.15) is 0 Å². The Morgan fingerprint density at radius 2 is 2.00 bits per heavy atom. The lowest BCUT2D eigenvalue weighted by molar-refractivity contribution is 0.263. The van der Waals surface area contributed by atoms with Gasteiger partial charge in [-0.05, 0) is 31.6 Å². The van der Waals surface area contributed by atoms with Crippen molar-refractivity contribution in [3.05, 3.63) is 12.2 Å². The van der Waals surface area contributed by atoms with Crippen LogP contribution in [-0.4, -0.2) is 11.7 Å². The van der Waals surface area contributed by atoms with E-state index in [1.807, 2.05) is 0 Å². The second-order valence-electron chi connectivity index (χ2n) is 3.82. The van der Waals surface area contributed by atoms with E-state index in [-0.39, 0.29) is 0 Å². The molecule has 0 heterocycles. The lowest BCUT2D eigenvalue weighted by Crippen LogP contribution is -1.95. The molecule has 0 saturated heterocycles. The van der Waals surface area contributed by atoms with E-state index in [4.69, 9.17) is 5.11 Å². The summed E-state index contributed by atoms with van der Waals surface area (Å²) in [5.41, 5.74) is 0. The Hall–Kier alpha value is -0.300. The van der Waals surface area contributed by atoms with Crippen molar-refractivity contribution in [1.29, 1.82) is 0 Å². The number of aliphatic hydroxyl groups is 1. The molecule has 0 radical (unpaired) electrons. The van der Waals surface area contributed by atoms with Gasteiger partial charge in [0.2, 0.25) is 0 Å². The van der Waals surface area contributed by atoms with E-state index >= 15 is 0 Å². The largest absolute Gasteiger partial charge is 0.396 e. The molecule has 1 heteroatoms. The summed E-state index contributed by atoms with van der Waals surface area (Å²) in [4.78, 5) is 0. The molecule has 0 rings (SSSR count). The Kier molecular flexibility index (Phi) is 9.56. The fraction of sp³-hybridized carbons (Fsp3) is 0.833. The third-order valence-electron chi connectivity index (χ3n) is 2.30. The molecule has 0 aliphatic heterocycles. The monoisotopic (exact) mass is 184 g/mol. The minimum absolute atomic E-state index is 0.324. The number of hydrogen-bond acceptors (Lipinski definition) is 1. The molecule has 13 heavy (non-hydrogen) atoms. The second kappa shape index (κ2) is 9.79. The van der Waals surface area contributed by atoms with Crippen LogP contribution in [0.25, 0.3) is 0 Å². The van der Waals surface area contributed by atoms with E-state index in [1.165, 1.54) is 25.7 Å². The van der Waals surface area contributed by atoms with Crippen molar-refractivity contribution in [3.63, 3.8) is 0 Å². The van der Waals surface area contributed by atoms with Crippen LogP contribution in [-0.2, 0) is 0 Å². The van der Waals surface area contributed by atoms with Crippen molar-refractivity contribution >= 4 is 0 Å². The number of aliphatic hydroxyl groups excluding tert-OH is 1. The zero-order valence-electron chi connectivity index (χ0n) is 9.13. The first-order chi connectivity index (χ1) is 6.31. The van der Waals surface area contributed by atoms with Crippen molar-refractivity contribution in [3.8, 4) is 0 Å². The van der Waals surface area contributed by atoms with Gasteiger partial charge < -0.3 is 5.11 Å². The number of allylic oxidation sites excluding steroid dienone is 2. The molecule has 1 nitrogen and oxygen atoms in total. The van der Waals surface area contributed by atoms with Gasteiger partial charge in [0.1, 0.15) is 0 Å². The second-order valence-corrected chi connectivity index (χ2v) is 3.82. The van der Waals surface area contributed by atoms with Gasteiger partial charge >= 0.3 is 0 Å². The minimum atomic E-state index is 0.324. The Bertz CT molecular complexity index is 118. The van der Waals surface area contributed by atoms with Crippen LogP contribution in [0.3, 0.4) is 0 Å². The first kappa shape index (κ1) is 12.7. The number of hydrogen-bond donors (Lipinski definition) is 1. The maximum absolute atomic E-state index is 8.69. The molecule has 0 amide bonds. The quantitative estimate of drug-likeness (QED) is 0.452. The van der Waals surface area contributed by atoms with Crippen molar-refractivity contribution in [2.75, 3.05) is 6.61 Å². The van der Waals surface area contributed by atoms with Crippen LogP contribution in [0.2, 0.25) is 0 Å². The molecule has 0 fully saturated rings. The van der Waals surface area contributed by atoms with Gasteiger partial charge in [0.05, 0.1) is 0 Å². The van der Waals surface area contributed by atoms with Gasteiger partial charge in [0.15, 0.2) is 0 Å². The summed E-state index contributed by atoms with van der Waals surface area (Å²) in [6.07, 6.45) is 11.8. The molecule has 1 atom stereocenters. The van der Waals surface area contributed by atoms with Crippen LogP contribution in [0.5, 0.6) is 0 Å². The third-order valence-corrected chi connectivity index (χ3v) is 2.30. The number of unbranched alkanes of at least 4 members (excludes halogenated alkanes) is 3. The predicted octanol–water partition coefficient (Wildman–Crippen LogP) is 3.53. The molecule has 0 spiro atoms. The normalized spacial score (nSPS) is 13.8. The smallest absolute Gasteiger partial charge is 0.0433 e. The van der Waals surface area contributed by atoms with Gasteiger partial charge in [0, 0.05) is 6.61 Å². The number of rotatable bonds is 8. The Balaban J connectivity index is 3.19. The van der Waals surface area contributed by atoms with Crippen LogP contribution < -0.4 is 0 Å². The average Bonchev–Trinajstić information content (AvgIpc) is 2.11. The third kappa shape index (κ3) is 9.62. The molecule has 0 aromatic carbocycles. The molecule has 0 aromatic heterocycles. The fourth-order valence-corrected chi connectivity index (χ4v) is 1.30. The van der Waals surface area contributed by atoms with Crippen LogP contribution in [0, 0.1) is 5.92 Å². The van der Waals surface area contributed by atoms with Crippen LogP contribution >= 0.6 is 0 Å². The molecule has 0 bridgehead atoms. The lowest BCUT2D eigenvalue weighted by atomic mass is 10.0. The van der Waals surface area contributed by atoms with E-state index in [1.54, 1.807) is 0 Å². The summed E-state index contributed by atoms with van der Waals surface area (Å²) in [7, 11) is 0. The lowest BCUT2D eigenvalue weighted by Gasteiger charge is -2.04. The molecular formula is C12H24O. The summed E-state index contributed by atoms with van der Waals surface area (Å²) in [5, 5.41) is 8.69. The van der Waals surface area contributed by atoms with Gasteiger partial charge in [-0.15, -0.1) is 0 Å². The maximum atomic E-state index is 8.69. The molecule has 1 unspecified atom stereocenters. The molecule has 1 N–H and O–H groups in total. The van der Waals surface area contributed by atoms with Gasteiger partial charge in [-0.1, -0.05) is 38.8 Å². The van der Waals surface area contributed by atoms with E-state index in [2.05, 4.69) is 26.0 Å². The molecule has 78 valence electrons. The Labute approximate surface area is 82.9 Å². The summed E-state index contributed by atoms with van der Waals surface area (Å²) in [6, 6.07) is 0. The first-order valence-electron chi connectivity index (χ1n) is 5.57. The fourth-order valence-electron chi connectivity index (χ4n) is 1.30. The zero-order chi connectivity index (χ0) is 9.94. The van der Waals surface area contributed by atoms with Gasteiger partial charge in [-0.3, -0.25) is 0 Å². The Morgan fingerprint density at radius 3 is 2.62 bits per heavy atom. The summed E-state index contributed by atoms with van der Waals surface area (Å²) in [6.45, 7) is 4.74. The maximum Gasteiger partial charge on any atom is 0.0433 e. The van der Waals surface area contributed by atoms with E-state index in [9.17, 15) is 0 Å². The summed E-state index contributed by atoms with van der Waals surface area (Å²) >= 11 is 0. The highest BCUT2D eigenvalue weighted by Gasteiger charge is 1.96. The average molecular weight is 184 g/mol.